The van der Waals surface area contributed by atoms with Gasteiger partial charge < -0.3 is 0 Å². The molecule has 0 aliphatic rings. The van der Waals surface area contributed by atoms with Gasteiger partial charge in [-0.3, -0.25) is 9.48 Å². The van der Waals surface area contributed by atoms with Crippen molar-refractivity contribution in [1.29, 1.82) is 0 Å². The molecule has 0 amide bonds. The van der Waals surface area contributed by atoms with E-state index in [9.17, 15) is 4.79 Å². The molecule has 0 bridgehead atoms. The second-order valence-electron chi connectivity index (χ2n) is 4.48. The lowest BCUT2D eigenvalue weighted by Gasteiger charge is -2.01. The average Bonchev–Trinajstić information content (AvgIpc) is 2.53. The molecule has 3 heteroatoms. The van der Waals surface area contributed by atoms with Crippen LogP contribution in [0.5, 0.6) is 0 Å². The standard InChI is InChI=1S/C14H22N2O/c1-5-6-7-8-9-10-13(17)14-11(2)15-16(4)12(14)3/h5H,1,6-10H2,2-4H3. The Hall–Kier alpha value is -1.38. The first-order valence-electron chi connectivity index (χ1n) is 6.22. The minimum atomic E-state index is 0.228. The van der Waals surface area contributed by atoms with Gasteiger partial charge in [0.2, 0.25) is 0 Å². The Kier molecular flexibility index (Phi) is 5.13. The fourth-order valence-electron chi connectivity index (χ4n) is 2.05. The summed E-state index contributed by atoms with van der Waals surface area (Å²) in [5.41, 5.74) is 2.64. The van der Waals surface area contributed by atoms with E-state index in [1.807, 2.05) is 27.0 Å². The Balaban J connectivity index is 2.50. The molecule has 17 heavy (non-hydrogen) atoms. The summed E-state index contributed by atoms with van der Waals surface area (Å²) in [6.07, 6.45) is 6.78. The first-order chi connectivity index (χ1) is 8.07. The predicted molar refractivity (Wildman–Crippen MR) is 70.3 cm³/mol. The van der Waals surface area contributed by atoms with Crippen molar-refractivity contribution in [3.63, 3.8) is 0 Å². The van der Waals surface area contributed by atoms with E-state index in [1.54, 1.807) is 4.68 Å². The van der Waals surface area contributed by atoms with Crippen LogP contribution < -0.4 is 0 Å². The summed E-state index contributed by atoms with van der Waals surface area (Å²) in [5.74, 6) is 0.228. The molecule has 1 aromatic rings. The van der Waals surface area contributed by atoms with E-state index >= 15 is 0 Å². The molecule has 0 aliphatic carbocycles. The number of ketones is 1. The molecule has 0 aliphatic heterocycles. The molecule has 0 aromatic carbocycles. The van der Waals surface area contributed by atoms with E-state index in [1.165, 1.54) is 0 Å². The molecule has 0 saturated heterocycles. The molecule has 94 valence electrons. The second-order valence-corrected chi connectivity index (χ2v) is 4.48. The number of unbranched alkanes of at least 4 members (excludes halogenated alkanes) is 3. The predicted octanol–water partition coefficient (Wildman–Crippen LogP) is 3.36. The molecule has 1 aromatic heterocycles. The van der Waals surface area contributed by atoms with Crippen LogP contribution in [0.4, 0.5) is 0 Å². The van der Waals surface area contributed by atoms with E-state index < -0.39 is 0 Å². The number of aryl methyl sites for hydroxylation is 2. The zero-order valence-corrected chi connectivity index (χ0v) is 11.1. The quantitative estimate of drug-likeness (QED) is 0.412. The van der Waals surface area contributed by atoms with Crippen molar-refractivity contribution in [1.82, 2.24) is 9.78 Å². The maximum Gasteiger partial charge on any atom is 0.166 e. The molecule has 0 saturated carbocycles. The molecule has 1 rings (SSSR count). The zero-order chi connectivity index (χ0) is 12.8. The third-order valence-corrected chi connectivity index (χ3v) is 3.10. The van der Waals surface area contributed by atoms with Crippen LogP contribution in [-0.4, -0.2) is 15.6 Å². The van der Waals surface area contributed by atoms with Gasteiger partial charge in [0.25, 0.3) is 0 Å². The summed E-state index contributed by atoms with van der Waals surface area (Å²) >= 11 is 0. The number of aromatic nitrogens is 2. The normalized spacial score (nSPS) is 10.5. The maximum absolute atomic E-state index is 12.1. The lowest BCUT2D eigenvalue weighted by Crippen LogP contribution is -2.03. The second kappa shape index (κ2) is 6.38. The molecule has 0 fully saturated rings. The van der Waals surface area contributed by atoms with Crippen LogP contribution in [0, 0.1) is 13.8 Å². The highest BCUT2D eigenvalue weighted by Crippen LogP contribution is 2.16. The molecule has 3 nitrogen and oxygen atoms in total. The summed E-state index contributed by atoms with van der Waals surface area (Å²) in [7, 11) is 1.88. The Morgan fingerprint density at radius 1 is 1.35 bits per heavy atom. The fraction of sp³-hybridized carbons (Fsp3) is 0.571. The van der Waals surface area contributed by atoms with E-state index in [0.29, 0.717) is 6.42 Å². The van der Waals surface area contributed by atoms with Crippen LogP contribution in [-0.2, 0) is 7.05 Å². The minimum absolute atomic E-state index is 0.228. The molecule has 0 spiro atoms. The van der Waals surface area contributed by atoms with Crippen molar-refractivity contribution in [3.8, 4) is 0 Å². The van der Waals surface area contributed by atoms with E-state index in [0.717, 1.165) is 42.6 Å². The van der Waals surface area contributed by atoms with Gasteiger partial charge in [-0.1, -0.05) is 12.5 Å². The number of hydrogen-bond acceptors (Lipinski definition) is 2. The van der Waals surface area contributed by atoms with Gasteiger partial charge in [-0.2, -0.15) is 5.10 Å². The van der Waals surface area contributed by atoms with Crippen molar-refractivity contribution in [2.24, 2.45) is 7.05 Å². The van der Waals surface area contributed by atoms with Gasteiger partial charge in [0.05, 0.1) is 11.3 Å². The number of rotatable bonds is 7. The smallest absolute Gasteiger partial charge is 0.166 e. The van der Waals surface area contributed by atoms with Gasteiger partial charge in [0.15, 0.2) is 5.78 Å². The largest absolute Gasteiger partial charge is 0.294 e. The van der Waals surface area contributed by atoms with Crippen molar-refractivity contribution < 1.29 is 4.79 Å². The summed E-state index contributed by atoms with van der Waals surface area (Å²) < 4.78 is 1.78. The first kappa shape index (κ1) is 13.7. The summed E-state index contributed by atoms with van der Waals surface area (Å²) in [6, 6.07) is 0. The molecule has 0 unspecified atom stereocenters. The van der Waals surface area contributed by atoms with Crippen LogP contribution in [0.2, 0.25) is 0 Å². The molecular weight excluding hydrogens is 212 g/mol. The van der Waals surface area contributed by atoms with Gasteiger partial charge in [-0.25, -0.2) is 0 Å². The average molecular weight is 234 g/mol. The van der Waals surface area contributed by atoms with Gasteiger partial charge in [0.1, 0.15) is 0 Å². The van der Waals surface area contributed by atoms with Crippen LogP contribution in [0.1, 0.15) is 53.8 Å². The SMILES string of the molecule is C=CCCCCCC(=O)c1c(C)nn(C)c1C. The topological polar surface area (TPSA) is 34.9 Å². The van der Waals surface area contributed by atoms with E-state index in [2.05, 4.69) is 11.7 Å². The number of nitrogens with zero attached hydrogens (tertiary/aromatic N) is 2. The van der Waals surface area contributed by atoms with Crippen molar-refractivity contribution in [2.45, 2.75) is 46.0 Å². The summed E-state index contributed by atoms with van der Waals surface area (Å²) in [5, 5.41) is 4.27. The van der Waals surface area contributed by atoms with Gasteiger partial charge in [-0.05, 0) is 33.1 Å². The Morgan fingerprint density at radius 3 is 2.59 bits per heavy atom. The van der Waals surface area contributed by atoms with Gasteiger partial charge in [0, 0.05) is 19.2 Å². The fourth-order valence-corrected chi connectivity index (χ4v) is 2.05. The number of Topliss-reactive ketones (excluding diaryl/α,β-unsaturated/α-hetero) is 1. The van der Waals surface area contributed by atoms with Gasteiger partial charge >= 0.3 is 0 Å². The third kappa shape index (κ3) is 3.55. The van der Waals surface area contributed by atoms with Crippen LogP contribution in [0.3, 0.4) is 0 Å². The van der Waals surface area contributed by atoms with Crippen molar-refractivity contribution in [3.05, 3.63) is 29.6 Å². The molecule has 0 radical (unpaired) electrons. The summed E-state index contributed by atoms with van der Waals surface area (Å²) in [6.45, 7) is 7.54. The molecule has 0 atom stereocenters. The Bertz CT molecular complexity index is 405. The third-order valence-electron chi connectivity index (χ3n) is 3.10. The molecule has 1 heterocycles. The first-order valence-corrected chi connectivity index (χ1v) is 6.22. The monoisotopic (exact) mass is 234 g/mol. The Labute approximate surface area is 104 Å². The maximum atomic E-state index is 12.1. The van der Waals surface area contributed by atoms with Crippen LogP contribution >= 0.6 is 0 Å². The molecular formula is C14H22N2O. The van der Waals surface area contributed by atoms with Crippen molar-refractivity contribution >= 4 is 5.78 Å². The molecule has 0 N–H and O–H groups in total. The lowest BCUT2D eigenvalue weighted by atomic mass is 10.0. The van der Waals surface area contributed by atoms with E-state index in [4.69, 9.17) is 0 Å². The highest BCUT2D eigenvalue weighted by molar-refractivity contribution is 5.98. The highest BCUT2D eigenvalue weighted by atomic mass is 16.1. The van der Waals surface area contributed by atoms with Crippen molar-refractivity contribution in [2.75, 3.05) is 0 Å². The lowest BCUT2D eigenvalue weighted by molar-refractivity contribution is 0.0978. The number of carbonyl (C=O) groups is 1. The Morgan fingerprint density at radius 2 is 2.06 bits per heavy atom. The van der Waals surface area contributed by atoms with Crippen LogP contribution in [0.15, 0.2) is 12.7 Å². The van der Waals surface area contributed by atoms with Gasteiger partial charge in [-0.15, -0.1) is 6.58 Å². The number of carbonyl (C=O) groups excluding carboxylic acids is 1. The zero-order valence-electron chi connectivity index (χ0n) is 11.1. The van der Waals surface area contributed by atoms with Crippen LogP contribution in [0.25, 0.3) is 0 Å². The summed E-state index contributed by atoms with van der Waals surface area (Å²) in [4.78, 5) is 12.1. The number of allylic oxidation sites excluding steroid dienone is 1. The highest BCUT2D eigenvalue weighted by Gasteiger charge is 2.16. The number of hydrogen-bond donors (Lipinski definition) is 0. The van der Waals surface area contributed by atoms with E-state index in [-0.39, 0.29) is 5.78 Å². The minimum Gasteiger partial charge on any atom is -0.294 e.